The number of halogens is 1. The van der Waals surface area contributed by atoms with E-state index in [1.54, 1.807) is 16.7 Å². The van der Waals surface area contributed by atoms with E-state index < -0.39 is 5.97 Å². The van der Waals surface area contributed by atoms with E-state index in [4.69, 9.17) is 4.74 Å². The number of ether oxygens (including phenoxy) is 1. The predicted octanol–water partition coefficient (Wildman–Crippen LogP) is 3.07. The number of tetrazole rings is 1. The molecule has 146 valence electrons. The summed E-state index contributed by atoms with van der Waals surface area (Å²) in [6.45, 7) is -0.121. The quantitative estimate of drug-likeness (QED) is 0.357. The highest BCUT2D eigenvalue weighted by Gasteiger charge is 2.20. The van der Waals surface area contributed by atoms with Crippen LogP contribution < -0.4 is 0 Å². The third-order valence-electron chi connectivity index (χ3n) is 4.07. The first-order valence-corrected chi connectivity index (χ1v) is 9.77. The molecule has 0 spiro atoms. The molecule has 2 aromatic heterocycles. The normalized spacial score (nSPS) is 10.8. The molecule has 0 saturated heterocycles. The molecule has 0 fully saturated rings. The molecule has 0 N–H and O–H groups in total. The first-order valence-electron chi connectivity index (χ1n) is 8.55. The fraction of sp³-hybridized carbons (Fsp3) is 0.105. The van der Waals surface area contributed by atoms with Crippen LogP contribution in [-0.4, -0.2) is 42.0 Å². The van der Waals surface area contributed by atoms with Crippen molar-refractivity contribution >= 4 is 17.7 Å². The van der Waals surface area contributed by atoms with E-state index in [2.05, 4.69) is 20.5 Å². The van der Waals surface area contributed by atoms with Gasteiger partial charge >= 0.3 is 5.97 Å². The van der Waals surface area contributed by atoms with Crippen LogP contribution in [0.2, 0.25) is 0 Å². The molecule has 4 aromatic rings. The van der Waals surface area contributed by atoms with Gasteiger partial charge in [-0.1, -0.05) is 30.0 Å². The molecule has 0 aliphatic rings. The first kappa shape index (κ1) is 18.8. The molecule has 2 heterocycles. The molecule has 0 bridgehead atoms. The second-order valence-electron chi connectivity index (χ2n) is 5.86. The second-order valence-corrected chi connectivity index (χ2v) is 6.63. The summed E-state index contributed by atoms with van der Waals surface area (Å²) in [7, 11) is 0. The van der Waals surface area contributed by atoms with Gasteiger partial charge in [-0.25, -0.2) is 14.2 Å². The Balaban J connectivity index is 1.57. The van der Waals surface area contributed by atoms with E-state index in [-0.39, 0.29) is 18.1 Å². The van der Waals surface area contributed by atoms with Crippen molar-refractivity contribution in [2.45, 2.75) is 11.8 Å². The van der Waals surface area contributed by atoms with Crippen LogP contribution in [0.25, 0.3) is 11.4 Å². The predicted molar refractivity (Wildman–Crippen MR) is 104 cm³/mol. The number of hydrogen-bond acceptors (Lipinski definition) is 7. The van der Waals surface area contributed by atoms with Gasteiger partial charge < -0.3 is 4.74 Å². The lowest BCUT2D eigenvalue weighted by atomic mass is 10.3. The van der Waals surface area contributed by atoms with Gasteiger partial charge in [0, 0.05) is 5.69 Å². The van der Waals surface area contributed by atoms with Crippen molar-refractivity contribution in [3.63, 3.8) is 0 Å². The van der Waals surface area contributed by atoms with Crippen LogP contribution in [0.3, 0.4) is 0 Å². The highest BCUT2D eigenvalue weighted by Crippen LogP contribution is 2.23. The minimum atomic E-state index is -0.593. The van der Waals surface area contributed by atoms with Gasteiger partial charge in [0.15, 0.2) is 23.3 Å². The van der Waals surface area contributed by atoms with E-state index in [0.717, 1.165) is 5.69 Å². The Kier molecular flexibility index (Phi) is 5.34. The second kappa shape index (κ2) is 8.23. The minimum absolute atomic E-state index is 0.121. The molecule has 8 nitrogen and oxygen atoms in total. The zero-order valence-electron chi connectivity index (χ0n) is 15.3. The number of thioether (sulfide) groups is 1. The highest BCUT2D eigenvalue weighted by atomic mass is 32.2. The summed E-state index contributed by atoms with van der Waals surface area (Å²) in [5, 5.41) is 12.1. The van der Waals surface area contributed by atoms with Gasteiger partial charge in [0.25, 0.3) is 0 Å². The monoisotopic (exact) mass is 410 g/mol. The van der Waals surface area contributed by atoms with Crippen molar-refractivity contribution in [2.75, 3.05) is 6.26 Å². The lowest BCUT2D eigenvalue weighted by Gasteiger charge is -2.11. The van der Waals surface area contributed by atoms with E-state index in [0.29, 0.717) is 16.7 Å². The summed E-state index contributed by atoms with van der Waals surface area (Å²) in [6, 6.07) is 15.1. The number of aromatic nitrogens is 6. The van der Waals surface area contributed by atoms with E-state index >= 15 is 0 Å². The Morgan fingerprint density at radius 3 is 2.59 bits per heavy atom. The SMILES string of the molecule is CSc1ncc(C(=O)OCc2nnnn2-c2ccccc2)n1-c1ccc(F)cc1. The smallest absolute Gasteiger partial charge is 0.357 e. The molecule has 0 atom stereocenters. The highest BCUT2D eigenvalue weighted by molar-refractivity contribution is 7.98. The Morgan fingerprint density at radius 1 is 1.10 bits per heavy atom. The van der Waals surface area contributed by atoms with Crippen LogP contribution in [-0.2, 0) is 11.3 Å². The van der Waals surface area contributed by atoms with Gasteiger partial charge in [-0.3, -0.25) is 4.57 Å². The van der Waals surface area contributed by atoms with Crippen LogP contribution in [0.5, 0.6) is 0 Å². The molecule has 0 aliphatic carbocycles. The molecule has 29 heavy (non-hydrogen) atoms. The number of para-hydroxylation sites is 1. The summed E-state index contributed by atoms with van der Waals surface area (Å²) in [4.78, 5) is 17.0. The largest absolute Gasteiger partial charge is 0.453 e. The van der Waals surface area contributed by atoms with Crippen LogP contribution in [0.15, 0.2) is 66.0 Å². The topological polar surface area (TPSA) is 87.7 Å². The van der Waals surface area contributed by atoms with Gasteiger partial charge in [0.2, 0.25) is 0 Å². The molecule has 0 amide bonds. The molecular formula is C19H15FN6O2S. The van der Waals surface area contributed by atoms with Crippen molar-refractivity contribution in [1.29, 1.82) is 0 Å². The number of nitrogens with zero attached hydrogens (tertiary/aromatic N) is 6. The van der Waals surface area contributed by atoms with Crippen LogP contribution in [0.1, 0.15) is 16.3 Å². The Labute approximate surface area is 169 Å². The van der Waals surface area contributed by atoms with Crippen molar-refractivity contribution in [3.05, 3.63) is 78.1 Å². The molecule has 4 rings (SSSR count). The fourth-order valence-corrected chi connectivity index (χ4v) is 3.28. The van der Waals surface area contributed by atoms with Gasteiger partial charge in [-0.15, -0.1) is 5.10 Å². The van der Waals surface area contributed by atoms with Crippen molar-refractivity contribution in [3.8, 4) is 11.4 Å². The standard InChI is InChI=1S/C19H15FN6O2S/c1-29-19-21-11-16(25(19)14-9-7-13(20)8-10-14)18(27)28-12-17-22-23-24-26(17)15-5-3-2-4-6-15/h2-11H,12H2,1H3. The van der Waals surface area contributed by atoms with Crippen molar-refractivity contribution < 1.29 is 13.9 Å². The Morgan fingerprint density at radius 2 is 1.86 bits per heavy atom. The Bertz CT molecular complexity index is 1130. The summed E-state index contributed by atoms with van der Waals surface area (Å²) in [5.41, 5.74) is 1.58. The van der Waals surface area contributed by atoms with E-state index in [1.165, 1.54) is 34.8 Å². The summed E-state index contributed by atoms with van der Waals surface area (Å²) in [6.07, 6.45) is 3.27. The minimum Gasteiger partial charge on any atom is -0.453 e. The van der Waals surface area contributed by atoms with Gasteiger partial charge in [0.1, 0.15) is 5.82 Å². The molecule has 10 heteroatoms. The molecular weight excluding hydrogens is 395 g/mol. The van der Waals surface area contributed by atoms with Crippen molar-refractivity contribution in [2.24, 2.45) is 0 Å². The average molecular weight is 410 g/mol. The average Bonchev–Trinajstić information content (AvgIpc) is 3.40. The van der Waals surface area contributed by atoms with Crippen molar-refractivity contribution in [1.82, 2.24) is 29.8 Å². The summed E-state index contributed by atoms with van der Waals surface area (Å²) >= 11 is 1.36. The number of carbonyl (C=O) groups excluding carboxylic acids is 1. The molecule has 0 unspecified atom stereocenters. The third kappa shape index (κ3) is 3.87. The van der Waals surface area contributed by atoms with Crippen LogP contribution >= 0.6 is 11.8 Å². The van der Waals surface area contributed by atoms with Crippen LogP contribution in [0.4, 0.5) is 4.39 Å². The molecule has 0 aliphatic heterocycles. The van der Waals surface area contributed by atoms with Gasteiger partial charge in [-0.05, 0) is 53.1 Å². The summed E-state index contributed by atoms with van der Waals surface area (Å²) in [5.74, 6) is -0.580. The van der Waals surface area contributed by atoms with Gasteiger partial charge in [-0.2, -0.15) is 4.68 Å². The van der Waals surface area contributed by atoms with E-state index in [1.807, 2.05) is 36.6 Å². The third-order valence-corrected chi connectivity index (χ3v) is 4.73. The maximum atomic E-state index is 13.3. The maximum Gasteiger partial charge on any atom is 0.357 e. The number of imidazole rings is 1. The number of esters is 1. The van der Waals surface area contributed by atoms with E-state index in [9.17, 15) is 9.18 Å². The first-order chi connectivity index (χ1) is 14.2. The lowest BCUT2D eigenvalue weighted by molar-refractivity contribution is 0.0449. The lowest BCUT2D eigenvalue weighted by Crippen LogP contribution is -2.14. The number of hydrogen-bond donors (Lipinski definition) is 0. The maximum absolute atomic E-state index is 13.3. The summed E-state index contributed by atoms with van der Waals surface area (Å²) < 4.78 is 21.8. The fourth-order valence-electron chi connectivity index (χ4n) is 2.73. The van der Waals surface area contributed by atoms with Crippen LogP contribution in [0, 0.1) is 5.82 Å². The molecule has 2 aromatic carbocycles. The zero-order valence-corrected chi connectivity index (χ0v) is 16.1. The Hall–Kier alpha value is -3.53. The molecule has 0 radical (unpaired) electrons. The number of rotatable bonds is 6. The number of carbonyl (C=O) groups is 1. The zero-order chi connectivity index (χ0) is 20.2. The molecule has 0 saturated carbocycles. The van der Waals surface area contributed by atoms with Gasteiger partial charge in [0.05, 0.1) is 11.9 Å². The number of benzene rings is 2.